The molecule has 2 nitrogen and oxygen atoms in total. The van der Waals surface area contributed by atoms with Gasteiger partial charge in [0, 0.05) is 13.0 Å². The fourth-order valence-electron chi connectivity index (χ4n) is 2.83. The van der Waals surface area contributed by atoms with Crippen molar-refractivity contribution in [1.82, 2.24) is 0 Å². The minimum Gasteiger partial charge on any atom is -0.367 e. The molecule has 0 fully saturated rings. The third kappa shape index (κ3) is 2.95. The van der Waals surface area contributed by atoms with Crippen molar-refractivity contribution in [2.75, 3.05) is 6.61 Å². The first-order valence-corrected chi connectivity index (χ1v) is 6.98. The van der Waals surface area contributed by atoms with E-state index in [4.69, 9.17) is 4.74 Å². The third-order valence-corrected chi connectivity index (χ3v) is 3.92. The maximum Gasteiger partial charge on any atom is 0.190 e. The van der Waals surface area contributed by atoms with Gasteiger partial charge in [-0.05, 0) is 44.7 Å². The van der Waals surface area contributed by atoms with Crippen molar-refractivity contribution in [1.29, 1.82) is 0 Å². The van der Waals surface area contributed by atoms with Gasteiger partial charge in [-0.25, -0.2) is 0 Å². The lowest BCUT2D eigenvalue weighted by Gasteiger charge is -2.22. The molecule has 2 rings (SSSR count). The van der Waals surface area contributed by atoms with E-state index in [0.29, 0.717) is 6.61 Å². The van der Waals surface area contributed by atoms with Crippen molar-refractivity contribution in [2.24, 2.45) is 0 Å². The van der Waals surface area contributed by atoms with Crippen LogP contribution in [0.3, 0.4) is 0 Å². The lowest BCUT2D eigenvalue weighted by molar-refractivity contribution is -0.135. The van der Waals surface area contributed by atoms with Crippen molar-refractivity contribution < 1.29 is 9.53 Å². The summed E-state index contributed by atoms with van der Waals surface area (Å²) in [5.74, 6) is 0.164. The molecule has 1 aliphatic carbocycles. The molecule has 0 aromatic heterocycles. The molecule has 1 aromatic rings. The number of carbonyl (C=O) groups is 1. The van der Waals surface area contributed by atoms with Crippen molar-refractivity contribution >= 4 is 5.78 Å². The molecule has 0 bridgehead atoms. The number of benzene rings is 1. The van der Waals surface area contributed by atoms with Gasteiger partial charge in [-0.1, -0.05) is 35.9 Å². The summed E-state index contributed by atoms with van der Waals surface area (Å²) in [5, 5.41) is 0. The van der Waals surface area contributed by atoms with E-state index in [-0.39, 0.29) is 5.78 Å². The van der Waals surface area contributed by atoms with Crippen LogP contribution in [0.15, 0.2) is 41.5 Å². The predicted octanol–water partition coefficient (Wildman–Crippen LogP) is 3.70. The van der Waals surface area contributed by atoms with Gasteiger partial charge in [-0.3, -0.25) is 4.79 Å². The molecule has 0 saturated carbocycles. The highest BCUT2D eigenvalue weighted by Crippen LogP contribution is 2.36. The molecule has 0 radical (unpaired) electrons. The second kappa shape index (κ2) is 5.70. The molecule has 1 unspecified atom stereocenters. The number of carbonyl (C=O) groups excluding carboxylic acids is 1. The number of aryl methyl sites for hydroxylation is 1. The minimum atomic E-state index is -0.620. The van der Waals surface area contributed by atoms with Crippen LogP contribution in [-0.4, -0.2) is 18.0 Å². The van der Waals surface area contributed by atoms with Gasteiger partial charge in [0.1, 0.15) is 5.60 Å². The van der Waals surface area contributed by atoms with Crippen LogP contribution >= 0.6 is 0 Å². The summed E-state index contributed by atoms with van der Waals surface area (Å²) in [7, 11) is 0. The van der Waals surface area contributed by atoms with E-state index in [1.807, 2.05) is 26.8 Å². The number of Topliss-reactive ketones (excluding diaryl/α,β-unsaturated/α-hetero) is 1. The maximum absolute atomic E-state index is 12.3. The average molecular weight is 258 g/mol. The Morgan fingerprint density at radius 1 is 1.21 bits per heavy atom. The maximum atomic E-state index is 12.3. The van der Waals surface area contributed by atoms with E-state index in [1.54, 1.807) is 0 Å². The third-order valence-electron chi connectivity index (χ3n) is 3.92. The Morgan fingerprint density at radius 2 is 1.89 bits per heavy atom. The lowest BCUT2D eigenvalue weighted by Crippen LogP contribution is -2.35. The summed E-state index contributed by atoms with van der Waals surface area (Å²) in [4.78, 5) is 12.3. The van der Waals surface area contributed by atoms with Gasteiger partial charge in [0.15, 0.2) is 5.78 Å². The van der Waals surface area contributed by atoms with E-state index < -0.39 is 5.60 Å². The van der Waals surface area contributed by atoms with Crippen LogP contribution in [0.2, 0.25) is 0 Å². The number of rotatable bonds is 5. The highest BCUT2D eigenvalue weighted by molar-refractivity contribution is 6.04. The molecular formula is C17H22O2. The first kappa shape index (κ1) is 14.0. The second-order valence-electron chi connectivity index (χ2n) is 5.38. The normalized spacial score (nSPS) is 23.2. The second-order valence-corrected chi connectivity index (χ2v) is 5.38. The Bertz CT molecular complexity index is 487. The van der Waals surface area contributed by atoms with E-state index in [2.05, 4.69) is 24.3 Å². The van der Waals surface area contributed by atoms with Crippen molar-refractivity contribution in [2.45, 2.75) is 45.6 Å². The van der Waals surface area contributed by atoms with Gasteiger partial charge < -0.3 is 4.74 Å². The van der Waals surface area contributed by atoms with Crippen LogP contribution in [0.5, 0.6) is 0 Å². The quantitative estimate of drug-likeness (QED) is 0.805. The van der Waals surface area contributed by atoms with Gasteiger partial charge >= 0.3 is 0 Å². The van der Waals surface area contributed by atoms with E-state index >= 15 is 0 Å². The molecule has 2 heteroatoms. The zero-order chi connectivity index (χ0) is 13.9. The summed E-state index contributed by atoms with van der Waals surface area (Å²) < 4.78 is 5.66. The van der Waals surface area contributed by atoms with Crippen molar-refractivity contribution in [3.8, 4) is 0 Å². The van der Waals surface area contributed by atoms with Crippen LogP contribution < -0.4 is 0 Å². The first-order valence-electron chi connectivity index (χ1n) is 6.98. The molecule has 1 aliphatic rings. The van der Waals surface area contributed by atoms with Gasteiger partial charge in [0.05, 0.1) is 0 Å². The molecule has 0 saturated heterocycles. The van der Waals surface area contributed by atoms with E-state index in [0.717, 1.165) is 24.8 Å². The smallest absolute Gasteiger partial charge is 0.190 e. The molecule has 0 N–H and O–H groups in total. The number of hydrogen-bond donors (Lipinski definition) is 0. The number of hydrogen-bond acceptors (Lipinski definition) is 2. The van der Waals surface area contributed by atoms with Crippen LogP contribution in [0, 0.1) is 0 Å². The highest BCUT2D eigenvalue weighted by Gasteiger charge is 2.41. The highest BCUT2D eigenvalue weighted by atomic mass is 16.5. The molecule has 0 amide bonds. The van der Waals surface area contributed by atoms with Gasteiger partial charge in [0.2, 0.25) is 0 Å². The molecule has 0 aliphatic heterocycles. The van der Waals surface area contributed by atoms with Crippen LogP contribution in [0.4, 0.5) is 0 Å². The molecule has 1 aromatic carbocycles. The Hall–Kier alpha value is -1.41. The first-order chi connectivity index (χ1) is 9.07. The fraction of sp³-hybridized carbons (Fsp3) is 0.471. The van der Waals surface area contributed by atoms with Crippen LogP contribution in [0.1, 0.15) is 39.2 Å². The van der Waals surface area contributed by atoms with Gasteiger partial charge in [0.25, 0.3) is 0 Å². The average Bonchev–Trinajstić information content (AvgIpc) is 2.63. The van der Waals surface area contributed by atoms with Crippen molar-refractivity contribution in [3.63, 3.8) is 0 Å². The lowest BCUT2D eigenvalue weighted by atomic mass is 9.98. The van der Waals surface area contributed by atoms with E-state index in [1.165, 1.54) is 11.1 Å². The topological polar surface area (TPSA) is 26.3 Å². The fourth-order valence-corrected chi connectivity index (χ4v) is 2.83. The van der Waals surface area contributed by atoms with Crippen LogP contribution in [-0.2, 0) is 16.0 Å². The molecule has 0 heterocycles. The summed E-state index contributed by atoms with van der Waals surface area (Å²) in [5.41, 5.74) is 2.86. The molecule has 102 valence electrons. The standard InChI is InChI=1S/C17H22O2/c1-4-19-17(3)12-15(13(2)16(17)18)11-10-14-8-6-5-7-9-14/h5-9H,4,10-12H2,1-3H3. The largest absolute Gasteiger partial charge is 0.367 e. The molecule has 1 atom stereocenters. The molecule has 19 heavy (non-hydrogen) atoms. The number of ketones is 1. The van der Waals surface area contributed by atoms with Crippen molar-refractivity contribution in [3.05, 3.63) is 47.0 Å². The Balaban J connectivity index is 2.03. The van der Waals surface area contributed by atoms with Gasteiger partial charge in [-0.2, -0.15) is 0 Å². The van der Waals surface area contributed by atoms with Crippen LogP contribution in [0.25, 0.3) is 0 Å². The zero-order valence-corrected chi connectivity index (χ0v) is 12.0. The Labute approximate surface area is 115 Å². The van der Waals surface area contributed by atoms with E-state index in [9.17, 15) is 4.79 Å². The summed E-state index contributed by atoms with van der Waals surface area (Å²) in [6.45, 7) is 6.38. The Kier molecular flexibility index (Phi) is 4.20. The Morgan fingerprint density at radius 3 is 2.53 bits per heavy atom. The monoisotopic (exact) mass is 258 g/mol. The summed E-state index contributed by atoms with van der Waals surface area (Å²) in [6.07, 6.45) is 2.69. The summed E-state index contributed by atoms with van der Waals surface area (Å²) in [6, 6.07) is 10.4. The molecular weight excluding hydrogens is 236 g/mol. The zero-order valence-electron chi connectivity index (χ0n) is 12.0. The molecule has 0 spiro atoms. The predicted molar refractivity (Wildman–Crippen MR) is 77.1 cm³/mol. The van der Waals surface area contributed by atoms with Gasteiger partial charge in [-0.15, -0.1) is 0 Å². The SMILES string of the molecule is CCOC1(C)CC(CCc2ccccc2)=C(C)C1=O. The summed E-state index contributed by atoms with van der Waals surface area (Å²) >= 11 is 0. The minimum absolute atomic E-state index is 0.164. The number of ether oxygens (including phenoxy) is 1.